The number of nitro benzene ring substituents is 1. The second-order valence-electron chi connectivity index (χ2n) is 5.06. The van der Waals surface area contributed by atoms with Gasteiger partial charge < -0.3 is 4.90 Å². The van der Waals surface area contributed by atoms with Crippen molar-refractivity contribution in [3.63, 3.8) is 0 Å². The van der Waals surface area contributed by atoms with E-state index < -0.39 is 20.8 Å². The van der Waals surface area contributed by atoms with Crippen LogP contribution >= 0.6 is 0 Å². The van der Waals surface area contributed by atoms with Gasteiger partial charge in [-0.05, 0) is 25.2 Å². The number of hydrogen-bond donors (Lipinski definition) is 1. The predicted octanol–water partition coefficient (Wildman–Crippen LogP) is 2.28. The third-order valence-electron chi connectivity index (χ3n) is 3.50. The molecule has 2 aromatic rings. The molecule has 0 saturated heterocycles. The maximum absolute atomic E-state index is 13.7. The van der Waals surface area contributed by atoms with Gasteiger partial charge in [0, 0.05) is 25.2 Å². The standard InChI is InChI=1S/C15H16FN3O4S/c1-17-24(22,23)12-7-8-14(15(9-12)19(20)21)18(2)10-11-5-3-4-6-13(11)16/h3-9,17H,10H2,1-2H3. The Morgan fingerprint density at radius 3 is 2.50 bits per heavy atom. The normalized spacial score (nSPS) is 11.3. The van der Waals surface area contributed by atoms with E-state index in [1.54, 1.807) is 25.2 Å². The number of nitrogens with one attached hydrogen (secondary N) is 1. The zero-order valence-corrected chi connectivity index (χ0v) is 13.9. The maximum atomic E-state index is 13.7. The number of hydrogen-bond acceptors (Lipinski definition) is 5. The molecule has 0 saturated carbocycles. The van der Waals surface area contributed by atoms with Crippen molar-refractivity contribution in [3.05, 3.63) is 64.0 Å². The number of rotatable bonds is 6. The third kappa shape index (κ3) is 3.69. The van der Waals surface area contributed by atoms with Crippen molar-refractivity contribution in [3.8, 4) is 0 Å². The summed E-state index contributed by atoms with van der Waals surface area (Å²) in [5, 5.41) is 11.3. The number of benzene rings is 2. The molecule has 0 aliphatic rings. The fourth-order valence-corrected chi connectivity index (χ4v) is 2.97. The van der Waals surface area contributed by atoms with Crippen LogP contribution in [0.15, 0.2) is 47.4 Å². The van der Waals surface area contributed by atoms with Crippen LogP contribution in [0.4, 0.5) is 15.8 Å². The topological polar surface area (TPSA) is 92.6 Å². The second-order valence-corrected chi connectivity index (χ2v) is 6.95. The van der Waals surface area contributed by atoms with Gasteiger partial charge in [-0.1, -0.05) is 18.2 Å². The minimum absolute atomic E-state index is 0.103. The Bertz CT molecular complexity index is 871. The highest BCUT2D eigenvalue weighted by atomic mass is 32.2. The zero-order valence-electron chi connectivity index (χ0n) is 13.1. The van der Waals surface area contributed by atoms with Crippen LogP contribution < -0.4 is 9.62 Å². The van der Waals surface area contributed by atoms with E-state index in [0.29, 0.717) is 5.56 Å². The van der Waals surface area contributed by atoms with Crippen molar-refractivity contribution < 1.29 is 17.7 Å². The molecule has 0 aliphatic heterocycles. The first-order chi connectivity index (χ1) is 11.3. The molecule has 0 aromatic heterocycles. The van der Waals surface area contributed by atoms with Gasteiger partial charge in [0.2, 0.25) is 10.0 Å². The number of sulfonamides is 1. The van der Waals surface area contributed by atoms with Crippen molar-refractivity contribution in [2.45, 2.75) is 11.4 Å². The largest absolute Gasteiger partial charge is 0.365 e. The highest BCUT2D eigenvalue weighted by Gasteiger charge is 2.22. The monoisotopic (exact) mass is 353 g/mol. The second kappa shape index (κ2) is 6.93. The smallest absolute Gasteiger partial charge is 0.293 e. The number of nitrogens with zero attached hydrogens (tertiary/aromatic N) is 2. The van der Waals surface area contributed by atoms with Crippen LogP contribution in [0, 0.1) is 15.9 Å². The van der Waals surface area contributed by atoms with E-state index in [4.69, 9.17) is 0 Å². The molecular formula is C15H16FN3O4S. The minimum atomic E-state index is -3.80. The van der Waals surface area contributed by atoms with E-state index >= 15 is 0 Å². The first-order valence-electron chi connectivity index (χ1n) is 6.93. The molecule has 7 nitrogen and oxygen atoms in total. The Morgan fingerprint density at radius 1 is 1.25 bits per heavy atom. The lowest BCUT2D eigenvalue weighted by atomic mass is 10.2. The molecule has 1 N–H and O–H groups in total. The van der Waals surface area contributed by atoms with E-state index in [9.17, 15) is 22.9 Å². The van der Waals surface area contributed by atoms with Crippen molar-refractivity contribution in [2.75, 3.05) is 19.0 Å². The van der Waals surface area contributed by atoms with Crippen molar-refractivity contribution in [1.82, 2.24) is 4.72 Å². The maximum Gasteiger partial charge on any atom is 0.293 e. The van der Waals surface area contributed by atoms with Crippen LogP contribution in [-0.4, -0.2) is 27.4 Å². The molecule has 0 amide bonds. The van der Waals surface area contributed by atoms with E-state index in [1.165, 1.54) is 30.1 Å². The molecule has 2 aromatic carbocycles. The summed E-state index contributed by atoms with van der Waals surface area (Å²) in [6.07, 6.45) is 0. The summed E-state index contributed by atoms with van der Waals surface area (Å²) in [5.74, 6) is -0.415. The minimum Gasteiger partial charge on any atom is -0.365 e. The van der Waals surface area contributed by atoms with Gasteiger partial charge in [0.25, 0.3) is 5.69 Å². The lowest BCUT2D eigenvalue weighted by Crippen LogP contribution is -2.21. The average Bonchev–Trinajstić information content (AvgIpc) is 2.56. The Labute approximate surface area is 138 Å². The molecule has 128 valence electrons. The molecule has 0 fully saturated rings. The van der Waals surface area contributed by atoms with Gasteiger partial charge in [0.1, 0.15) is 11.5 Å². The average molecular weight is 353 g/mol. The predicted molar refractivity (Wildman–Crippen MR) is 87.8 cm³/mol. The van der Waals surface area contributed by atoms with E-state index in [-0.39, 0.29) is 22.8 Å². The highest BCUT2D eigenvalue weighted by Crippen LogP contribution is 2.31. The number of anilines is 1. The number of halogens is 1. The van der Waals surface area contributed by atoms with Gasteiger partial charge >= 0.3 is 0 Å². The van der Waals surface area contributed by atoms with E-state index in [0.717, 1.165) is 6.07 Å². The molecular weight excluding hydrogens is 337 g/mol. The Balaban J connectivity index is 2.43. The summed E-state index contributed by atoms with van der Waals surface area (Å²) in [6, 6.07) is 9.70. The summed E-state index contributed by atoms with van der Waals surface area (Å²) < 4.78 is 39.4. The molecule has 9 heteroatoms. The summed E-state index contributed by atoms with van der Waals surface area (Å²) in [5.41, 5.74) is 0.199. The van der Waals surface area contributed by atoms with Crippen LogP contribution in [0.5, 0.6) is 0 Å². The molecule has 0 aliphatic carbocycles. The van der Waals surface area contributed by atoms with Crippen molar-refractivity contribution >= 4 is 21.4 Å². The van der Waals surface area contributed by atoms with Crippen molar-refractivity contribution in [1.29, 1.82) is 0 Å². The summed E-state index contributed by atoms with van der Waals surface area (Å²) in [4.78, 5) is 11.9. The van der Waals surface area contributed by atoms with E-state index in [1.807, 2.05) is 0 Å². The molecule has 0 atom stereocenters. The Morgan fingerprint density at radius 2 is 1.92 bits per heavy atom. The molecule has 0 bridgehead atoms. The highest BCUT2D eigenvalue weighted by molar-refractivity contribution is 7.89. The first kappa shape index (κ1) is 17.8. The van der Waals surface area contributed by atoms with Gasteiger partial charge in [-0.3, -0.25) is 10.1 Å². The molecule has 0 spiro atoms. The van der Waals surface area contributed by atoms with Crippen LogP contribution in [0.3, 0.4) is 0 Å². The van der Waals surface area contributed by atoms with E-state index in [2.05, 4.69) is 4.72 Å². The van der Waals surface area contributed by atoms with Gasteiger partial charge in [0.15, 0.2) is 0 Å². The number of nitro groups is 1. The molecule has 0 heterocycles. The lowest BCUT2D eigenvalue weighted by Gasteiger charge is -2.20. The summed E-state index contributed by atoms with van der Waals surface area (Å²) in [6.45, 7) is 0.103. The lowest BCUT2D eigenvalue weighted by molar-refractivity contribution is -0.384. The van der Waals surface area contributed by atoms with Crippen LogP contribution in [-0.2, 0) is 16.6 Å². The Hall–Kier alpha value is -2.52. The van der Waals surface area contributed by atoms with Gasteiger partial charge in [-0.2, -0.15) is 0 Å². The van der Waals surface area contributed by atoms with Gasteiger partial charge in [-0.15, -0.1) is 0 Å². The van der Waals surface area contributed by atoms with Gasteiger partial charge in [-0.25, -0.2) is 17.5 Å². The SMILES string of the molecule is CNS(=O)(=O)c1ccc(N(C)Cc2ccccc2F)c([N+](=O)[O-])c1. The van der Waals surface area contributed by atoms with Crippen LogP contribution in [0.25, 0.3) is 0 Å². The van der Waals surface area contributed by atoms with Gasteiger partial charge in [0.05, 0.1) is 9.82 Å². The fourth-order valence-electron chi connectivity index (χ4n) is 2.22. The quantitative estimate of drug-likeness (QED) is 0.635. The first-order valence-corrected chi connectivity index (χ1v) is 8.41. The van der Waals surface area contributed by atoms with Crippen LogP contribution in [0.2, 0.25) is 0 Å². The van der Waals surface area contributed by atoms with Crippen LogP contribution in [0.1, 0.15) is 5.56 Å². The molecule has 0 unspecified atom stereocenters. The third-order valence-corrected chi connectivity index (χ3v) is 4.91. The Kier molecular flexibility index (Phi) is 5.15. The summed E-state index contributed by atoms with van der Waals surface area (Å²) >= 11 is 0. The molecule has 0 radical (unpaired) electrons. The van der Waals surface area contributed by atoms with Crippen molar-refractivity contribution in [2.24, 2.45) is 0 Å². The zero-order chi connectivity index (χ0) is 17.9. The summed E-state index contributed by atoms with van der Waals surface area (Å²) in [7, 11) is -1.00. The molecule has 24 heavy (non-hydrogen) atoms. The fraction of sp³-hybridized carbons (Fsp3) is 0.200. The molecule has 2 rings (SSSR count).